The van der Waals surface area contributed by atoms with E-state index in [2.05, 4.69) is 5.92 Å². The molecule has 1 rings (SSSR count). The third-order valence-electron chi connectivity index (χ3n) is 2.22. The Balaban J connectivity index is 3.51. The highest BCUT2D eigenvalue weighted by atomic mass is 35.5. The van der Waals surface area contributed by atoms with Crippen molar-refractivity contribution in [3.8, 4) is 12.3 Å². The first kappa shape index (κ1) is 15.7. The van der Waals surface area contributed by atoms with Gasteiger partial charge in [-0.15, -0.1) is 6.42 Å². The number of rotatable bonds is 4. The summed E-state index contributed by atoms with van der Waals surface area (Å²) >= 11 is 11.4. The van der Waals surface area contributed by atoms with E-state index in [0.717, 1.165) is 16.4 Å². The molecule has 0 saturated carbocycles. The second-order valence-electron chi connectivity index (χ2n) is 3.43. The highest BCUT2D eigenvalue weighted by molar-refractivity contribution is 7.89. The van der Waals surface area contributed by atoms with Crippen LogP contribution >= 0.6 is 23.2 Å². The maximum atomic E-state index is 12.1. The largest absolute Gasteiger partial charge is 0.307 e. The summed E-state index contributed by atoms with van der Waals surface area (Å²) in [5.74, 6) is 2.16. The van der Waals surface area contributed by atoms with E-state index in [-0.39, 0.29) is 11.6 Å². The van der Waals surface area contributed by atoms with E-state index in [1.165, 1.54) is 7.05 Å². The van der Waals surface area contributed by atoms with Crippen molar-refractivity contribution >= 4 is 38.9 Å². The van der Waals surface area contributed by atoms with Gasteiger partial charge in [-0.1, -0.05) is 29.1 Å². The Morgan fingerprint density at radius 3 is 2.53 bits per heavy atom. The van der Waals surface area contributed by atoms with Gasteiger partial charge in [0.2, 0.25) is 10.0 Å². The van der Waals surface area contributed by atoms with Crippen molar-refractivity contribution in [2.75, 3.05) is 13.6 Å². The van der Waals surface area contributed by atoms with Crippen LogP contribution in [0, 0.1) is 22.5 Å². The van der Waals surface area contributed by atoms with Crippen molar-refractivity contribution < 1.29 is 13.3 Å². The third-order valence-corrected chi connectivity index (χ3v) is 4.86. The lowest BCUT2D eigenvalue weighted by Gasteiger charge is -2.15. The molecule has 0 aliphatic heterocycles. The average molecular weight is 323 g/mol. The Labute approximate surface area is 120 Å². The number of sulfonamides is 1. The van der Waals surface area contributed by atoms with Gasteiger partial charge < -0.3 is 0 Å². The summed E-state index contributed by atoms with van der Waals surface area (Å²) in [5.41, 5.74) is -0.654. The van der Waals surface area contributed by atoms with Gasteiger partial charge in [0.15, 0.2) is 0 Å². The molecule has 1 aromatic carbocycles. The fourth-order valence-electron chi connectivity index (χ4n) is 1.27. The Bertz CT molecular complexity index is 667. The van der Waals surface area contributed by atoms with Crippen LogP contribution in [0.5, 0.6) is 0 Å². The molecule has 0 atom stereocenters. The Hall–Kier alpha value is -1.33. The third kappa shape index (κ3) is 2.98. The summed E-state index contributed by atoms with van der Waals surface area (Å²) in [6.07, 6.45) is 5.03. The Kier molecular flexibility index (Phi) is 4.76. The molecule has 0 saturated heterocycles. The van der Waals surface area contributed by atoms with E-state index in [1.807, 2.05) is 0 Å². The van der Waals surface area contributed by atoms with Gasteiger partial charge in [0.25, 0.3) is 0 Å². The monoisotopic (exact) mass is 322 g/mol. The number of hydrogen-bond acceptors (Lipinski definition) is 4. The van der Waals surface area contributed by atoms with Gasteiger partial charge in [0.1, 0.15) is 14.9 Å². The molecule has 0 aliphatic carbocycles. The molecule has 0 amide bonds. The van der Waals surface area contributed by atoms with Crippen LogP contribution in [0.2, 0.25) is 10.0 Å². The molecule has 102 valence electrons. The van der Waals surface area contributed by atoms with Gasteiger partial charge >= 0.3 is 5.69 Å². The summed E-state index contributed by atoms with van der Waals surface area (Å²) < 4.78 is 25.1. The minimum Gasteiger partial charge on any atom is -0.258 e. The second-order valence-corrected chi connectivity index (χ2v) is 6.23. The molecule has 6 nitrogen and oxygen atoms in total. The lowest BCUT2D eigenvalue weighted by Crippen LogP contribution is -2.27. The molecule has 0 aromatic heterocycles. The van der Waals surface area contributed by atoms with Crippen LogP contribution in [0.25, 0.3) is 0 Å². The summed E-state index contributed by atoms with van der Waals surface area (Å²) in [7, 11) is -2.77. The number of hydrogen-bond donors (Lipinski definition) is 0. The van der Waals surface area contributed by atoms with Crippen LogP contribution < -0.4 is 0 Å². The SMILES string of the molecule is C#CCN(C)S(=O)(=O)c1ccc(Cl)c([N+](=O)[O-])c1Cl. The van der Waals surface area contributed by atoms with E-state index >= 15 is 0 Å². The number of halogens is 2. The molecule has 0 bridgehead atoms. The first-order valence-electron chi connectivity index (χ1n) is 4.75. The average Bonchev–Trinajstić information content (AvgIpc) is 2.28. The number of nitrogens with zero attached hydrogens (tertiary/aromatic N) is 2. The number of nitro groups is 1. The lowest BCUT2D eigenvalue weighted by molar-refractivity contribution is -0.384. The van der Waals surface area contributed by atoms with Crippen molar-refractivity contribution in [2.45, 2.75) is 4.90 Å². The van der Waals surface area contributed by atoms with Crippen LogP contribution in [0.4, 0.5) is 5.69 Å². The van der Waals surface area contributed by atoms with Crippen molar-refractivity contribution in [1.29, 1.82) is 0 Å². The Morgan fingerprint density at radius 2 is 2.05 bits per heavy atom. The van der Waals surface area contributed by atoms with Gasteiger partial charge in [-0.3, -0.25) is 10.1 Å². The zero-order chi connectivity index (χ0) is 14.8. The second kappa shape index (κ2) is 5.75. The first-order chi connectivity index (χ1) is 8.73. The number of terminal acetylenes is 1. The molecule has 9 heteroatoms. The molecule has 0 N–H and O–H groups in total. The molecule has 19 heavy (non-hydrogen) atoms. The minimum atomic E-state index is -4.01. The normalized spacial score (nSPS) is 11.3. The molecule has 0 heterocycles. The van der Waals surface area contributed by atoms with Crippen molar-refractivity contribution in [3.63, 3.8) is 0 Å². The van der Waals surface area contributed by atoms with Crippen molar-refractivity contribution in [3.05, 3.63) is 32.3 Å². The molecular weight excluding hydrogens is 315 g/mol. The maximum Gasteiger partial charge on any atom is 0.307 e. The van der Waals surface area contributed by atoms with Crippen LogP contribution in [0.15, 0.2) is 17.0 Å². The molecule has 0 unspecified atom stereocenters. The summed E-state index contributed by atoms with van der Waals surface area (Å²) in [4.78, 5) is 9.56. The fourth-order valence-corrected chi connectivity index (χ4v) is 3.22. The quantitative estimate of drug-likeness (QED) is 0.483. The predicted molar refractivity (Wildman–Crippen MR) is 71.8 cm³/mol. The smallest absolute Gasteiger partial charge is 0.258 e. The van der Waals surface area contributed by atoms with Crippen LogP contribution in [-0.2, 0) is 10.0 Å². The van der Waals surface area contributed by atoms with Gasteiger partial charge in [-0.25, -0.2) is 8.42 Å². The Morgan fingerprint density at radius 1 is 1.47 bits per heavy atom. The topological polar surface area (TPSA) is 80.5 Å². The van der Waals surface area contributed by atoms with E-state index in [4.69, 9.17) is 29.6 Å². The first-order valence-corrected chi connectivity index (χ1v) is 6.95. The molecule has 0 aliphatic rings. The molecule has 1 aromatic rings. The van der Waals surface area contributed by atoms with E-state index in [9.17, 15) is 18.5 Å². The van der Waals surface area contributed by atoms with E-state index in [1.54, 1.807) is 0 Å². The van der Waals surface area contributed by atoms with E-state index in [0.29, 0.717) is 0 Å². The highest BCUT2D eigenvalue weighted by Gasteiger charge is 2.30. The molecular formula is C10H8Cl2N2O4S. The van der Waals surface area contributed by atoms with Gasteiger partial charge in [-0.2, -0.15) is 4.31 Å². The lowest BCUT2D eigenvalue weighted by atomic mass is 10.3. The number of nitro benzene ring substituents is 1. The number of benzene rings is 1. The molecule has 0 fully saturated rings. The summed E-state index contributed by atoms with van der Waals surface area (Å²) in [6, 6.07) is 2.20. The minimum absolute atomic E-state index is 0.185. The summed E-state index contributed by atoms with van der Waals surface area (Å²) in [6.45, 7) is -0.185. The zero-order valence-corrected chi connectivity index (χ0v) is 12.0. The van der Waals surface area contributed by atoms with Crippen LogP contribution in [-0.4, -0.2) is 31.2 Å². The fraction of sp³-hybridized carbons (Fsp3) is 0.200. The highest BCUT2D eigenvalue weighted by Crippen LogP contribution is 2.37. The summed E-state index contributed by atoms with van der Waals surface area (Å²) in [5, 5.41) is 10.0. The van der Waals surface area contributed by atoms with Gasteiger partial charge in [0, 0.05) is 7.05 Å². The van der Waals surface area contributed by atoms with E-state index < -0.39 is 30.6 Å². The van der Waals surface area contributed by atoms with Gasteiger partial charge in [0.05, 0.1) is 11.5 Å². The molecule has 0 radical (unpaired) electrons. The maximum absolute atomic E-state index is 12.1. The predicted octanol–water partition coefficient (Wildman–Crippen LogP) is 2.16. The van der Waals surface area contributed by atoms with Crippen LogP contribution in [0.1, 0.15) is 0 Å². The van der Waals surface area contributed by atoms with Gasteiger partial charge in [-0.05, 0) is 12.1 Å². The van der Waals surface area contributed by atoms with Crippen molar-refractivity contribution in [1.82, 2.24) is 4.31 Å². The zero-order valence-electron chi connectivity index (χ0n) is 9.63. The molecule has 0 spiro atoms. The van der Waals surface area contributed by atoms with Crippen LogP contribution in [0.3, 0.4) is 0 Å². The standard InChI is InChI=1S/C10H8Cl2N2O4S/c1-3-6-13(2)19(17,18)8-5-4-7(11)10(9(8)12)14(15)16/h1,4-5H,6H2,2H3. The van der Waals surface area contributed by atoms with Crippen molar-refractivity contribution in [2.24, 2.45) is 0 Å².